The molecule has 1 aliphatic rings. The van der Waals surface area contributed by atoms with Gasteiger partial charge in [-0.2, -0.15) is 0 Å². The number of hydrogen-bond acceptors (Lipinski definition) is 3. The van der Waals surface area contributed by atoms with Gasteiger partial charge >= 0.3 is 6.03 Å². The molecule has 2 heterocycles. The second-order valence-electron chi connectivity index (χ2n) is 3.52. The Kier molecular flexibility index (Phi) is 4.20. The summed E-state index contributed by atoms with van der Waals surface area (Å²) in [5.74, 6) is 0. The third-order valence-corrected chi connectivity index (χ3v) is 3.92. The van der Waals surface area contributed by atoms with Crippen LogP contribution >= 0.6 is 27.3 Å². The van der Waals surface area contributed by atoms with Crippen molar-refractivity contribution in [2.45, 2.75) is 6.54 Å². The predicted molar refractivity (Wildman–Crippen MR) is 66.6 cm³/mol. The summed E-state index contributed by atoms with van der Waals surface area (Å²) in [4.78, 5) is 13.5. The average Bonchev–Trinajstić information content (AvgIpc) is 2.73. The lowest BCUT2D eigenvalue weighted by Crippen LogP contribution is -2.45. The van der Waals surface area contributed by atoms with Gasteiger partial charge in [-0.25, -0.2) is 4.79 Å². The van der Waals surface area contributed by atoms with Crippen LogP contribution in [0.5, 0.6) is 0 Å². The zero-order chi connectivity index (χ0) is 11.4. The largest absolute Gasteiger partial charge is 0.378 e. The van der Waals surface area contributed by atoms with Gasteiger partial charge < -0.3 is 15.0 Å². The molecule has 0 aromatic carbocycles. The summed E-state index contributed by atoms with van der Waals surface area (Å²) in [6, 6.07) is 2.01. The van der Waals surface area contributed by atoms with Gasteiger partial charge in [0, 0.05) is 19.6 Å². The van der Waals surface area contributed by atoms with Crippen LogP contribution in [0, 0.1) is 0 Å². The number of hydrogen-bond donors (Lipinski definition) is 1. The number of rotatable bonds is 2. The molecule has 0 spiro atoms. The zero-order valence-electron chi connectivity index (χ0n) is 8.74. The first-order valence-corrected chi connectivity index (χ1v) is 6.76. The molecule has 88 valence electrons. The van der Waals surface area contributed by atoms with Gasteiger partial charge in [-0.3, -0.25) is 0 Å². The minimum atomic E-state index is -0.00868. The van der Waals surface area contributed by atoms with Gasteiger partial charge in [-0.05, 0) is 32.9 Å². The minimum absolute atomic E-state index is 0.00868. The number of urea groups is 1. The molecule has 0 atom stereocenters. The molecule has 0 bridgehead atoms. The molecule has 1 aromatic rings. The monoisotopic (exact) mass is 304 g/mol. The van der Waals surface area contributed by atoms with Crippen molar-refractivity contribution in [2.24, 2.45) is 0 Å². The van der Waals surface area contributed by atoms with Crippen LogP contribution in [0.25, 0.3) is 0 Å². The summed E-state index contributed by atoms with van der Waals surface area (Å²) in [6.07, 6.45) is 0. The summed E-state index contributed by atoms with van der Waals surface area (Å²) in [7, 11) is 0. The Balaban J connectivity index is 1.78. The Hall–Kier alpha value is -0.590. The molecule has 1 aliphatic heterocycles. The van der Waals surface area contributed by atoms with Gasteiger partial charge in [-0.1, -0.05) is 0 Å². The standard InChI is InChI=1S/C10H13BrN2O2S/c11-9-5-8(7-16-9)6-12-10(14)13-1-3-15-4-2-13/h5,7H,1-4,6H2,(H,12,14). The molecule has 6 heteroatoms. The number of amides is 2. The van der Waals surface area contributed by atoms with E-state index in [9.17, 15) is 4.79 Å². The summed E-state index contributed by atoms with van der Waals surface area (Å²) in [5.41, 5.74) is 1.12. The molecule has 2 amide bonds. The van der Waals surface area contributed by atoms with Gasteiger partial charge in [0.2, 0.25) is 0 Å². The molecule has 16 heavy (non-hydrogen) atoms. The normalized spacial score (nSPS) is 16.2. The number of morpholine rings is 1. The van der Waals surface area contributed by atoms with Gasteiger partial charge in [0.1, 0.15) is 0 Å². The van der Waals surface area contributed by atoms with Crippen molar-refractivity contribution >= 4 is 33.3 Å². The second-order valence-corrected chi connectivity index (χ2v) is 5.81. The van der Waals surface area contributed by atoms with E-state index in [1.165, 1.54) is 0 Å². The van der Waals surface area contributed by atoms with Crippen molar-refractivity contribution in [1.29, 1.82) is 0 Å². The van der Waals surface area contributed by atoms with Crippen molar-refractivity contribution in [3.63, 3.8) is 0 Å². The highest BCUT2D eigenvalue weighted by Crippen LogP contribution is 2.20. The van der Waals surface area contributed by atoms with E-state index in [1.807, 2.05) is 11.4 Å². The number of nitrogens with zero attached hydrogens (tertiary/aromatic N) is 1. The molecular weight excluding hydrogens is 292 g/mol. The van der Waals surface area contributed by atoms with Crippen LogP contribution < -0.4 is 5.32 Å². The first kappa shape index (κ1) is 11.9. The van der Waals surface area contributed by atoms with Gasteiger partial charge in [0.05, 0.1) is 17.0 Å². The lowest BCUT2D eigenvalue weighted by molar-refractivity contribution is 0.0531. The van der Waals surface area contributed by atoms with Crippen LogP contribution in [0.3, 0.4) is 0 Å². The topological polar surface area (TPSA) is 41.6 Å². The number of thiophene rings is 1. The van der Waals surface area contributed by atoms with Crippen molar-refractivity contribution in [3.05, 3.63) is 20.8 Å². The Morgan fingerprint density at radius 1 is 1.56 bits per heavy atom. The van der Waals surface area contributed by atoms with E-state index in [2.05, 4.69) is 21.2 Å². The number of nitrogens with one attached hydrogen (secondary N) is 1. The molecule has 0 radical (unpaired) electrons. The van der Waals surface area contributed by atoms with Crippen LogP contribution in [-0.4, -0.2) is 37.2 Å². The Morgan fingerprint density at radius 3 is 2.94 bits per heavy atom. The number of ether oxygens (including phenoxy) is 1. The van der Waals surface area contributed by atoms with Crippen LogP contribution in [0.15, 0.2) is 15.2 Å². The maximum atomic E-state index is 11.7. The van der Waals surface area contributed by atoms with E-state index in [0.717, 1.165) is 9.35 Å². The molecule has 0 saturated carbocycles. The fourth-order valence-electron chi connectivity index (χ4n) is 1.49. The molecule has 1 aromatic heterocycles. The number of halogens is 1. The number of carbonyl (C=O) groups is 1. The Labute approximate surface area is 107 Å². The van der Waals surface area contributed by atoms with Gasteiger partial charge in [-0.15, -0.1) is 11.3 Å². The highest BCUT2D eigenvalue weighted by Gasteiger charge is 2.16. The van der Waals surface area contributed by atoms with Crippen LogP contribution in [0.4, 0.5) is 4.79 Å². The third-order valence-electron chi connectivity index (χ3n) is 2.36. The number of carbonyl (C=O) groups excluding carboxylic acids is 1. The first-order chi connectivity index (χ1) is 7.75. The first-order valence-electron chi connectivity index (χ1n) is 5.09. The van der Waals surface area contributed by atoms with E-state index in [1.54, 1.807) is 16.2 Å². The fraction of sp³-hybridized carbons (Fsp3) is 0.500. The van der Waals surface area contributed by atoms with Crippen molar-refractivity contribution in [1.82, 2.24) is 10.2 Å². The quantitative estimate of drug-likeness (QED) is 0.908. The second kappa shape index (κ2) is 5.65. The van der Waals surface area contributed by atoms with E-state index in [4.69, 9.17) is 4.74 Å². The van der Waals surface area contributed by atoms with Crippen LogP contribution in [0.1, 0.15) is 5.56 Å². The molecular formula is C10H13BrN2O2S. The van der Waals surface area contributed by atoms with Crippen LogP contribution in [0.2, 0.25) is 0 Å². The van der Waals surface area contributed by atoms with Crippen molar-refractivity contribution < 1.29 is 9.53 Å². The van der Waals surface area contributed by atoms with Gasteiger partial charge in [0.25, 0.3) is 0 Å². The smallest absolute Gasteiger partial charge is 0.317 e. The maximum Gasteiger partial charge on any atom is 0.317 e. The van der Waals surface area contributed by atoms with E-state index >= 15 is 0 Å². The Bertz CT molecular complexity index is 363. The molecule has 1 saturated heterocycles. The minimum Gasteiger partial charge on any atom is -0.378 e. The lowest BCUT2D eigenvalue weighted by Gasteiger charge is -2.26. The summed E-state index contributed by atoms with van der Waals surface area (Å²) >= 11 is 5.02. The highest BCUT2D eigenvalue weighted by molar-refractivity contribution is 9.11. The van der Waals surface area contributed by atoms with Gasteiger partial charge in [0.15, 0.2) is 0 Å². The molecule has 0 unspecified atom stereocenters. The predicted octanol–water partition coefficient (Wildman–Crippen LogP) is 2.05. The molecule has 4 nitrogen and oxygen atoms in total. The van der Waals surface area contributed by atoms with Crippen molar-refractivity contribution in [3.8, 4) is 0 Å². The van der Waals surface area contributed by atoms with E-state index in [-0.39, 0.29) is 6.03 Å². The summed E-state index contributed by atoms with van der Waals surface area (Å²) < 4.78 is 6.28. The lowest BCUT2D eigenvalue weighted by atomic mass is 10.3. The highest BCUT2D eigenvalue weighted by atomic mass is 79.9. The summed E-state index contributed by atoms with van der Waals surface area (Å²) in [6.45, 7) is 3.21. The van der Waals surface area contributed by atoms with E-state index in [0.29, 0.717) is 32.8 Å². The Morgan fingerprint density at radius 2 is 2.31 bits per heavy atom. The maximum absolute atomic E-state index is 11.7. The average molecular weight is 305 g/mol. The summed E-state index contributed by atoms with van der Waals surface area (Å²) in [5, 5.41) is 4.93. The SMILES string of the molecule is O=C(NCc1csc(Br)c1)N1CCOCC1. The zero-order valence-corrected chi connectivity index (χ0v) is 11.1. The third kappa shape index (κ3) is 3.20. The molecule has 0 aliphatic carbocycles. The molecule has 1 fully saturated rings. The molecule has 1 N–H and O–H groups in total. The van der Waals surface area contributed by atoms with Crippen LogP contribution in [-0.2, 0) is 11.3 Å². The van der Waals surface area contributed by atoms with E-state index < -0.39 is 0 Å². The molecule has 2 rings (SSSR count). The fourth-order valence-corrected chi connectivity index (χ4v) is 2.70. The van der Waals surface area contributed by atoms with Crippen molar-refractivity contribution in [2.75, 3.05) is 26.3 Å².